The van der Waals surface area contributed by atoms with Gasteiger partial charge >= 0.3 is 0 Å². The summed E-state index contributed by atoms with van der Waals surface area (Å²) < 4.78 is 13.0. The number of aryl methyl sites for hydroxylation is 1. The second-order valence-corrected chi connectivity index (χ2v) is 7.03. The van der Waals surface area contributed by atoms with Crippen LogP contribution in [0.5, 0.6) is 11.5 Å². The minimum Gasteiger partial charge on any atom is -0.497 e. The third-order valence-electron chi connectivity index (χ3n) is 4.94. The Hall–Kier alpha value is -3.06. The highest BCUT2D eigenvalue weighted by Gasteiger charge is 2.42. The molecule has 2 atom stereocenters. The first-order valence-corrected chi connectivity index (χ1v) is 9.37. The number of aromatic nitrogens is 2. The zero-order valence-corrected chi connectivity index (χ0v) is 16.8. The topological polar surface area (TPSA) is 51.5 Å². The number of nitrogens with zero attached hydrogens (tertiary/aromatic N) is 3. The van der Waals surface area contributed by atoms with Crippen molar-refractivity contribution in [1.82, 2.24) is 14.9 Å². The van der Waals surface area contributed by atoms with E-state index in [0.29, 0.717) is 10.9 Å². The number of thiocarbonyl (C=S) groups is 1. The third kappa shape index (κ3) is 3.18. The average molecular weight is 395 g/mol. The summed E-state index contributed by atoms with van der Waals surface area (Å²) >= 11 is 5.75. The summed E-state index contributed by atoms with van der Waals surface area (Å²) in [5, 5.41) is 4.09. The van der Waals surface area contributed by atoms with Crippen LogP contribution >= 0.6 is 12.2 Å². The number of anilines is 1. The van der Waals surface area contributed by atoms with Crippen molar-refractivity contribution in [3.63, 3.8) is 0 Å². The number of methoxy groups -OCH3 is 2. The monoisotopic (exact) mass is 394 g/mol. The molecule has 2 aromatic heterocycles. The summed E-state index contributed by atoms with van der Waals surface area (Å²) in [5.74, 6) is 1.43. The molecule has 6 nitrogen and oxygen atoms in total. The highest BCUT2D eigenvalue weighted by molar-refractivity contribution is 7.80. The predicted octanol–water partition coefficient (Wildman–Crippen LogP) is 3.61. The number of benzene rings is 1. The van der Waals surface area contributed by atoms with Crippen LogP contribution in [0.4, 0.5) is 5.69 Å². The van der Waals surface area contributed by atoms with E-state index in [0.717, 1.165) is 22.7 Å². The zero-order chi connectivity index (χ0) is 19.7. The molecule has 144 valence electrons. The molecule has 4 rings (SSSR count). The molecule has 1 aromatic carbocycles. The Morgan fingerprint density at radius 2 is 1.96 bits per heavy atom. The molecule has 7 heteroatoms. The summed E-state index contributed by atoms with van der Waals surface area (Å²) in [6.45, 7) is 0. The van der Waals surface area contributed by atoms with Crippen molar-refractivity contribution < 1.29 is 9.47 Å². The smallest absolute Gasteiger partial charge is 0.174 e. The standard InChI is InChI=1S/C21H22N4O2S/c1-24-11-9-14(13-24)20-19(16-6-4-5-10-22-16)23-21(28)25(20)17-8-7-15(26-2)12-18(17)27-3/h4-13,19-20H,1-3H3,(H,23,28)/t19-,20-/m0/s1. The Kier molecular flexibility index (Phi) is 4.92. The molecule has 0 saturated carbocycles. The molecule has 1 N–H and O–H groups in total. The van der Waals surface area contributed by atoms with Crippen molar-refractivity contribution in [2.75, 3.05) is 19.1 Å². The van der Waals surface area contributed by atoms with Crippen LogP contribution in [0.2, 0.25) is 0 Å². The maximum Gasteiger partial charge on any atom is 0.174 e. The van der Waals surface area contributed by atoms with E-state index in [2.05, 4.69) is 27.5 Å². The fourth-order valence-corrected chi connectivity index (χ4v) is 3.98. The lowest BCUT2D eigenvalue weighted by Crippen LogP contribution is -2.29. The fourth-order valence-electron chi connectivity index (χ4n) is 3.64. The number of rotatable bonds is 5. The molecular formula is C21H22N4O2S. The van der Waals surface area contributed by atoms with Gasteiger partial charge in [0.15, 0.2) is 5.11 Å². The van der Waals surface area contributed by atoms with Gasteiger partial charge < -0.3 is 24.3 Å². The first-order valence-electron chi connectivity index (χ1n) is 8.97. The number of ether oxygens (including phenoxy) is 2. The van der Waals surface area contributed by atoms with Crippen molar-refractivity contribution in [2.24, 2.45) is 7.05 Å². The predicted molar refractivity (Wildman–Crippen MR) is 113 cm³/mol. The van der Waals surface area contributed by atoms with E-state index < -0.39 is 0 Å². The SMILES string of the molecule is COc1ccc(N2C(=S)N[C@@H](c3ccccn3)[C@@H]2c2ccn(C)c2)c(OC)c1. The second kappa shape index (κ2) is 7.52. The minimum atomic E-state index is -0.0806. The van der Waals surface area contributed by atoms with Gasteiger partial charge in [0.1, 0.15) is 11.5 Å². The van der Waals surface area contributed by atoms with Crippen molar-refractivity contribution in [3.05, 3.63) is 72.3 Å². The summed E-state index contributed by atoms with van der Waals surface area (Å²) in [5.41, 5.74) is 2.96. The number of pyridine rings is 1. The molecule has 1 fully saturated rings. The first-order chi connectivity index (χ1) is 13.6. The van der Waals surface area contributed by atoms with Crippen LogP contribution in [-0.4, -0.2) is 28.9 Å². The highest BCUT2D eigenvalue weighted by atomic mass is 32.1. The van der Waals surface area contributed by atoms with Gasteiger partial charge in [-0.25, -0.2) is 0 Å². The van der Waals surface area contributed by atoms with Gasteiger partial charge in [-0.15, -0.1) is 0 Å². The third-order valence-corrected chi connectivity index (χ3v) is 5.26. The van der Waals surface area contributed by atoms with Crippen LogP contribution in [0.15, 0.2) is 61.1 Å². The van der Waals surface area contributed by atoms with E-state index in [1.165, 1.54) is 0 Å². The van der Waals surface area contributed by atoms with Gasteiger partial charge in [0.25, 0.3) is 0 Å². The van der Waals surface area contributed by atoms with Crippen LogP contribution in [0.1, 0.15) is 23.3 Å². The van der Waals surface area contributed by atoms with Gasteiger partial charge in [-0.05, 0) is 48.1 Å². The van der Waals surface area contributed by atoms with Gasteiger partial charge in [-0.2, -0.15) is 0 Å². The number of hydrogen-bond acceptors (Lipinski definition) is 4. The van der Waals surface area contributed by atoms with E-state index in [-0.39, 0.29) is 12.1 Å². The van der Waals surface area contributed by atoms with Crippen LogP contribution in [0.3, 0.4) is 0 Å². The molecule has 0 radical (unpaired) electrons. The molecule has 3 aromatic rings. The van der Waals surface area contributed by atoms with Gasteiger partial charge in [0, 0.05) is 31.7 Å². The molecule has 0 amide bonds. The largest absolute Gasteiger partial charge is 0.497 e. The number of hydrogen-bond donors (Lipinski definition) is 1. The normalized spacial score (nSPS) is 18.8. The Balaban J connectivity index is 1.84. The highest BCUT2D eigenvalue weighted by Crippen LogP contribution is 2.45. The van der Waals surface area contributed by atoms with Crippen molar-refractivity contribution in [3.8, 4) is 11.5 Å². The molecule has 1 aliphatic rings. The average Bonchev–Trinajstić information content (AvgIpc) is 3.30. The van der Waals surface area contributed by atoms with E-state index >= 15 is 0 Å². The van der Waals surface area contributed by atoms with Crippen molar-refractivity contribution in [2.45, 2.75) is 12.1 Å². The lowest BCUT2D eigenvalue weighted by atomic mass is 9.98. The fraction of sp³-hybridized carbons (Fsp3) is 0.238. The Morgan fingerprint density at radius 3 is 2.61 bits per heavy atom. The summed E-state index contributed by atoms with van der Waals surface area (Å²) in [6.07, 6.45) is 5.95. The van der Waals surface area contributed by atoms with E-state index in [1.807, 2.05) is 54.2 Å². The molecule has 0 unspecified atom stereocenters. The van der Waals surface area contributed by atoms with E-state index in [4.69, 9.17) is 21.7 Å². The molecule has 28 heavy (non-hydrogen) atoms. The van der Waals surface area contributed by atoms with Gasteiger partial charge in [-0.1, -0.05) is 6.07 Å². The Morgan fingerprint density at radius 1 is 1.11 bits per heavy atom. The quantitative estimate of drug-likeness (QED) is 0.667. The van der Waals surface area contributed by atoms with Crippen molar-refractivity contribution >= 4 is 23.0 Å². The van der Waals surface area contributed by atoms with Crippen molar-refractivity contribution in [1.29, 1.82) is 0 Å². The minimum absolute atomic E-state index is 0.0640. The molecule has 0 spiro atoms. The molecule has 3 heterocycles. The molecule has 1 saturated heterocycles. The molecule has 0 aliphatic carbocycles. The summed E-state index contributed by atoms with van der Waals surface area (Å²) in [7, 11) is 5.30. The second-order valence-electron chi connectivity index (χ2n) is 6.64. The van der Waals surface area contributed by atoms with E-state index in [9.17, 15) is 0 Å². The summed E-state index contributed by atoms with van der Waals surface area (Å²) in [6, 6.07) is 13.6. The maximum atomic E-state index is 5.75. The van der Waals surface area contributed by atoms with Crippen LogP contribution in [0.25, 0.3) is 0 Å². The zero-order valence-electron chi connectivity index (χ0n) is 16.0. The van der Waals surface area contributed by atoms with Gasteiger partial charge in [-0.3, -0.25) is 4.98 Å². The maximum absolute atomic E-state index is 5.75. The van der Waals surface area contributed by atoms with Crippen LogP contribution in [-0.2, 0) is 7.05 Å². The molecule has 1 aliphatic heterocycles. The Labute approximate surface area is 169 Å². The summed E-state index contributed by atoms with van der Waals surface area (Å²) in [4.78, 5) is 6.67. The first kappa shape index (κ1) is 18.3. The van der Waals surface area contributed by atoms with E-state index in [1.54, 1.807) is 20.4 Å². The van der Waals surface area contributed by atoms with Gasteiger partial charge in [0.2, 0.25) is 0 Å². The number of nitrogens with one attached hydrogen (secondary N) is 1. The molecule has 0 bridgehead atoms. The molecular weight excluding hydrogens is 372 g/mol. The van der Waals surface area contributed by atoms with Gasteiger partial charge in [0.05, 0.1) is 37.7 Å². The van der Waals surface area contributed by atoms with Crippen LogP contribution in [0, 0.1) is 0 Å². The lowest BCUT2D eigenvalue weighted by Gasteiger charge is -2.28. The lowest BCUT2D eigenvalue weighted by molar-refractivity contribution is 0.394. The Bertz CT molecular complexity index is 989. The van der Waals surface area contributed by atoms with Crippen LogP contribution < -0.4 is 19.7 Å².